The molecule has 4 nitrogen and oxygen atoms in total. The normalized spacial score (nSPS) is 10.8. The standard InChI is InChI=1S/C18H11Cl4NO3/c1-2-25-18(24)15-16(9-3-5-11(19)13(21)7-9)23-26-17(15)10-4-6-12(20)14(22)8-10/h3-8H,2H2,1H3. The van der Waals surface area contributed by atoms with Gasteiger partial charge in [0.05, 0.1) is 26.7 Å². The van der Waals surface area contributed by atoms with E-state index in [1.54, 1.807) is 43.3 Å². The molecule has 8 heteroatoms. The molecule has 3 rings (SSSR count). The zero-order valence-corrected chi connectivity index (χ0v) is 16.4. The van der Waals surface area contributed by atoms with Crippen LogP contribution in [0.2, 0.25) is 20.1 Å². The number of aromatic nitrogens is 1. The fourth-order valence-corrected chi connectivity index (χ4v) is 2.95. The maximum Gasteiger partial charge on any atom is 0.344 e. The van der Waals surface area contributed by atoms with Gasteiger partial charge >= 0.3 is 5.97 Å². The summed E-state index contributed by atoms with van der Waals surface area (Å²) in [6, 6.07) is 9.77. The highest BCUT2D eigenvalue weighted by Gasteiger charge is 2.27. The third kappa shape index (κ3) is 3.69. The molecule has 0 bridgehead atoms. The van der Waals surface area contributed by atoms with Crippen molar-refractivity contribution in [1.29, 1.82) is 0 Å². The Bertz CT molecular complexity index is 916. The average molecular weight is 431 g/mol. The van der Waals surface area contributed by atoms with Gasteiger partial charge in [-0.15, -0.1) is 0 Å². The molecule has 134 valence electrons. The van der Waals surface area contributed by atoms with Gasteiger partial charge in [0.25, 0.3) is 0 Å². The number of nitrogens with zero attached hydrogens (tertiary/aromatic N) is 1. The van der Waals surface area contributed by atoms with Crippen molar-refractivity contribution in [3.05, 3.63) is 62.1 Å². The first-order chi connectivity index (χ1) is 12.4. The molecule has 1 heterocycles. The molecule has 0 radical (unpaired) electrons. The van der Waals surface area contributed by atoms with Gasteiger partial charge in [-0.25, -0.2) is 4.79 Å². The van der Waals surface area contributed by atoms with Crippen molar-refractivity contribution in [1.82, 2.24) is 5.16 Å². The van der Waals surface area contributed by atoms with Crippen molar-refractivity contribution in [3.63, 3.8) is 0 Å². The topological polar surface area (TPSA) is 52.3 Å². The molecule has 0 saturated carbocycles. The molecule has 0 aliphatic carbocycles. The Hall–Kier alpha value is -1.72. The Balaban J connectivity index is 2.19. The summed E-state index contributed by atoms with van der Waals surface area (Å²) in [4.78, 5) is 12.6. The van der Waals surface area contributed by atoms with E-state index >= 15 is 0 Å². The van der Waals surface area contributed by atoms with Gasteiger partial charge < -0.3 is 9.26 Å². The molecule has 2 aromatic carbocycles. The number of ether oxygens (including phenoxy) is 1. The van der Waals surface area contributed by atoms with E-state index in [1.807, 2.05) is 0 Å². The summed E-state index contributed by atoms with van der Waals surface area (Å²) in [6.07, 6.45) is 0. The lowest BCUT2D eigenvalue weighted by Crippen LogP contribution is -2.06. The highest BCUT2D eigenvalue weighted by Crippen LogP contribution is 2.37. The predicted octanol–water partition coefficient (Wildman–Crippen LogP) is 6.80. The van der Waals surface area contributed by atoms with Gasteiger partial charge in [0, 0.05) is 11.1 Å². The molecule has 0 aliphatic heterocycles. The third-order valence-corrected chi connectivity index (χ3v) is 5.02. The first-order valence-electron chi connectivity index (χ1n) is 7.50. The molecule has 0 amide bonds. The lowest BCUT2D eigenvalue weighted by Gasteiger charge is -2.06. The van der Waals surface area contributed by atoms with Crippen molar-refractivity contribution in [3.8, 4) is 22.6 Å². The van der Waals surface area contributed by atoms with Crippen LogP contribution in [0.15, 0.2) is 40.9 Å². The molecule has 0 unspecified atom stereocenters. The maximum atomic E-state index is 12.6. The second-order valence-corrected chi connectivity index (χ2v) is 6.84. The van der Waals surface area contributed by atoms with E-state index < -0.39 is 5.97 Å². The zero-order chi connectivity index (χ0) is 18.8. The summed E-state index contributed by atoms with van der Waals surface area (Å²) in [5.74, 6) is -0.348. The van der Waals surface area contributed by atoms with Gasteiger partial charge in [-0.3, -0.25) is 0 Å². The summed E-state index contributed by atoms with van der Waals surface area (Å²) in [5.41, 5.74) is 1.57. The van der Waals surface area contributed by atoms with Crippen LogP contribution in [-0.4, -0.2) is 17.7 Å². The molecule has 0 N–H and O–H groups in total. The van der Waals surface area contributed by atoms with Gasteiger partial charge in [-0.05, 0) is 37.3 Å². The molecule has 26 heavy (non-hydrogen) atoms. The van der Waals surface area contributed by atoms with Crippen LogP contribution in [0.3, 0.4) is 0 Å². The molecule has 3 aromatic rings. The fourth-order valence-electron chi connectivity index (χ4n) is 2.36. The summed E-state index contributed by atoms with van der Waals surface area (Å²) < 4.78 is 10.6. The molecule has 0 spiro atoms. The summed E-state index contributed by atoms with van der Waals surface area (Å²) in [5, 5.41) is 5.47. The SMILES string of the molecule is CCOC(=O)c1c(-c2ccc(Cl)c(Cl)c2)noc1-c1ccc(Cl)c(Cl)c1. The van der Waals surface area contributed by atoms with Crippen molar-refractivity contribution in [2.45, 2.75) is 6.92 Å². The van der Waals surface area contributed by atoms with E-state index in [2.05, 4.69) is 5.16 Å². The van der Waals surface area contributed by atoms with E-state index in [9.17, 15) is 4.79 Å². The fraction of sp³-hybridized carbons (Fsp3) is 0.111. The van der Waals surface area contributed by atoms with E-state index in [0.29, 0.717) is 36.9 Å². The largest absolute Gasteiger partial charge is 0.462 e. The third-order valence-electron chi connectivity index (χ3n) is 3.55. The van der Waals surface area contributed by atoms with Crippen LogP contribution >= 0.6 is 46.4 Å². The second kappa shape index (κ2) is 7.89. The lowest BCUT2D eigenvalue weighted by atomic mass is 10.0. The number of rotatable bonds is 4. The first kappa shape index (κ1) is 19.1. The van der Waals surface area contributed by atoms with E-state index in [4.69, 9.17) is 55.7 Å². The Kier molecular flexibility index (Phi) is 5.78. The smallest absolute Gasteiger partial charge is 0.344 e. The Morgan fingerprint density at radius 2 is 1.54 bits per heavy atom. The lowest BCUT2D eigenvalue weighted by molar-refractivity contribution is 0.0527. The number of carbonyl (C=O) groups is 1. The number of esters is 1. The van der Waals surface area contributed by atoms with E-state index in [-0.39, 0.29) is 17.9 Å². The molecular formula is C18H11Cl4NO3. The molecule has 0 fully saturated rings. The summed E-state index contributed by atoms with van der Waals surface area (Å²) in [6.45, 7) is 1.91. The van der Waals surface area contributed by atoms with Crippen LogP contribution in [0, 0.1) is 0 Å². The van der Waals surface area contributed by atoms with Gasteiger partial charge in [0.1, 0.15) is 11.3 Å². The van der Waals surface area contributed by atoms with Crippen molar-refractivity contribution >= 4 is 52.4 Å². The number of hydrogen-bond donors (Lipinski definition) is 0. The molecule has 0 atom stereocenters. The number of halogens is 4. The van der Waals surface area contributed by atoms with Crippen molar-refractivity contribution in [2.75, 3.05) is 6.61 Å². The summed E-state index contributed by atoms with van der Waals surface area (Å²) >= 11 is 24.1. The predicted molar refractivity (Wildman–Crippen MR) is 103 cm³/mol. The zero-order valence-electron chi connectivity index (χ0n) is 13.4. The minimum Gasteiger partial charge on any atom is -0.462 e. The average Bonchev–Trinajstić information content (AvgIpc) is 3.05. The minimum atomic E-state index is -0.573. The van der Waals surface area contributed by atoms with Crippen LogP contribution in [0.4, 0.5) is 0 Å². The van der Waals surface area contributed by atoms with Crippen LogP contribution in [0.1, 0.15) is 17.3 Å². The van der Waals surface area contributed by atoms with Gasteiger partial charge in [0.2, 0.25) is 0 Å². The van der Waals surface area contributed by atoms with Crippen molar-refractivity contribution in [2.24, 2.45) is 0 Å². The number of benzene rings is 2. The second-order valence-electron chi connectivity index (χ2n) is 5.21. The Morgan fingerprint density at radius 1 is 0.962 bits per heavy atom. The molecule has 0 aliphatic rings. The van der Waals surface area contributed by atoms with Gasteiger partial charge in [-0.1, -0.05) is 57.6 Å². The molecule has 0 saturated heterocycles. The summed E-state index contributed by atoms with van der Waals surface area (Å²) in [7, 11) is 0. The van der Waals surface area contributed by atoms with Gasteiger partial charge in [-0.2, -0.15) is 0 Å². The quantitative estimate of drug-likeness (QED) is 0.427. The van der Waals surface area contributed by atoms with Crippen LogP contribution in [0.5, 0.6) is 0 Å². The highest BCUT2D eigenvalue weighted by molar-refractivity contribution is 6.42. The number of hydrogen-bond acceptors (Lipinski definition) is 4. The van der Waals surface area contributed by atoms with Crippen LogP contribution in [0.25, 0.3) is 22.6 Å². The highest BCUT2D eigenvalue weighted by atomic mass is 35.5. The Morgan fingerprint density at radius 3 is 2.12 bits per heavy atom. The monoisotopic (exact) mass is 429 g/mol. The Labute approximate surface area is 169 Å². The van der Waals surface area contributed by atoms with Crippen molar-refractivity contribution < 1.29 is 14.1 Å². The van der Waals surface area contributed by atoms with Crippen LogP contribution < -0.4 is 0 Å². The molecule has 1 aromatic heterocycles. The van der Waals surface area contributed by atoms with Crippen LogP contribution in [-0.2, 0) is 4.74 Å². The van der Waals surface area contributed by atoms with Gasteiger partial charge in [0.15, 0.2) is 5.76 Å². The molecular weight excluding hydrogens is 420 g/mol. The van der Waals surface area contributed by atoms with E-state index in [0.717, 1.165) is 0 Å². The first-order valence-corrected chi connectivity index (χ1v) is 9.01. The van der Waals surface area contributed by atoms with E-state index in [1.165, 1.54) is 0 Å². The number of carbonyl (C=O) groups excluding carboxylic acids is 1. The minimum absolute atomic E-state index is 0.170. The maximum absolute atomic E-state index is 12.6.